The molecule has 6 rings (SSSR count). The number of amides is 1. The van der Waals surface area contributed by atoms with E-state index in [-0.39, 0.29) is 32.1 Å². The highest BCUT2D eigenvalue weighted by atomic mass is 19.1. The minimum absolute atomic E-state index is 0. The minimum Gasteiger partial charge on any atom is -0.502 e. The lowest BCUT2D eigenvalue weighted by Crippen LogP contribution is -2.64. The van der Waals surface area contributed by atoms with E-state index in [4.69, 9.17) is 4.74 Å². The Bertz CT molecular complexity index is 1400. The predicted molar refractivity (Wildman–Crippen MR) is 134 cm³/mol. The van der Waals surface area contributed by atoms with Gasteiger partial charge in [-0.05, 0) is 37.0 Å². The topological polar surface area (TPSA) is 75.0 Å². The summed E-state index contributed by atoms with van der Waals surface area (Å²) in [7, 11) is 0. The first-order chi connectivity index (χ1) is 17.0. The van der Waals surface area contributed by atoms with Crippen LogP contribution in [-0.2, 0) is 0 Å². The molecule has 1 saturated carbocycles. The van der Waals surface area contributed by atoms with E-state index in [1.54, 1.807) is 17.0 Å². The van der Waals surface area contributed by atoms with Gasteiger partial charge in [0, 0.05) is 17.8 Å². The Kier molecular flexibility index (Phi) is 5.82. The molecule has 0 unspecified atom stereocenters. The molecule has 1 atom stereocenters. The summed E-state index contributed by atoms with van der Waals surface area (Å²) in [6.45, 7) is 0.323. The zero-order chi connectivity index (χ0) is 24.2. The summed E-state index contributed by atoms with van der Waals surface area (Å²) in [4.78, 5) is 27.9. The molecular weight excluding hydrogens is 461 g/mol. The van der Waals surface area contributed by atoms with Crippen molar-refractivity contribution < 1.29 is 19.0 Å². The zero-order valence-electron chi connectivity index (χ0n) is 18.9. The van der Waals surface area contributed by atoms with E-state index < -0.39 is 34.5 Å². The first kappa shape index (κ1) is 23.7. The molecule has 0 saturated heterocycles. The third-order valence-corrected chi connectivity index (χ3v) is 7.28. The number of ether oxygens (including phenoxy) is 1. The fourth-order valence-electron chi connectivity index (χ4n) is 5.39. The van der Waals surface area contributed by atoms with Gasteiger partial charge in [0.05, 0.1) is 5.54 Å². The van der Waals surface area contributed by atoms with Gasteiger partial charge in [-0.25, -0.2) is 4.39 Å². The molecule has 2 bridgehead atoms. The van der Waals surface area contributed by atoms with Crippen LogP contribution in [0.4, 0.5) is 4.39 Å². The van der Waals surface area contributed by atoms with Gasteiger partial charge in [0.25, 0.3) is 5.91 Å². The molecule has 186 valence electrons. The number of aromatic nitrogens is 1. The quantitative estimate of drug-likeness (QED) is 0.515. The molecule has 1 aromatic heterocycles. The van der Waals surface area contributed by atoms with E-state index in [9.17, 15) is 14.7 Å². The summed E-state index contributed by atoms with van der Waals surface area (Å²) in [5.41, 5.74) is 0.129. The van der Waals surface area contributed by atoms with Crippen molar-refractivity contribution in [1.82, 2.24) is 9.58 Å². The Morgan fingerprint density at radius 1 is 1.03 bits per heavy atom. The number of aromatic hydroxyl groups is 1. The average Bonchev–Trinajstić information content (AvgIpc) is 2.86. The van der Waals surface area contributed by atoms with Crippen molar-refractivity contribution in [2.75, 3.05) is 18.3 Å². The van der Waals surface area contributed by atoms with Crippen LogP contribution < -0.4 is 15.2 Å². The lowest BCUT2D eigenvalue weighted by atomic mass is 9.74. The first-order valence-electron chi connectivity index (χ1n) is 11.7. The molecule has 7 nitrogen and oxygen atoms in total. The van der Waals surface area contributed by atoms with Crippen LogP contribution in [-0.4, -0.2) is 39.4 Å². The van der Waals surface area contributed by atoms with Crippen molar-refractivity contribution in [2.24, 2.45) is 0 Å². The summed E-state index contributed by atoms with van der Waals surface area (Å²) in [6.07, 6.45) is 7.70. The van der Waals surface area contributed by atoms with Crippen LogP contribution in [0.5, 0.6) is 11.5 Å². The monoisotopic (exact) mass is 489 g/mol. The van der Waals surface area contributed by atoms with Crippen LogP contribution in [0.15, 0.2) is 77.7 Å². The number of nitrogens with zero attached hydrogens (tertiary/aromatic N) is 3. The molecule has 3 aromatic rings. The first-order valence-corrected chi connectivity index (χ1v) is 11.7. The summed E-state index contributed by atoms with van der Waals surface area (Å²) in [5.74, 6) is -1.36. The second kappa shape index (κ2) is 8.86. The molecule has 3 heterocycles. The van der Waals surface area contributed by atoms with Gasteiger partial charge in [-0.1, -0.05) is 56.0 Å². The number of fused-ring (bicyclic) bond motifs is 6. The van der Waals surface area contributed by atoms with Crippen LogP contribution in [0.2, 0.25) is 0 Å². The minimum atomic E-state index is -0.625. The van der Waals surface area contributed by atoms with Crippen LogP contribution in [0.3, 0.4) is 0 Å². The zero-order valence-corrected chi connectivity index (χ0v) is 18.9. The Morgan fingerprint density at radius 2 is 1.81 bits per heavy atom. The van der Waals surface area contributed by atoms with Gasteiger partial charge in [-0.3, -0.25) is 19.3 Å². The van der Waals surface area contributed by atoms with Crippen molar-refractivity contribution >= 4 is 5.91 Å². The third kappa shape index (κ3) is 3.47. The number of hydrogen-bond acceptors (Lipinski definition) is 5. The number of carbonyl (C=O) groups excluding carboxylic acids is 1. The summed E-state index contributed by atoms with van der Waals surface area (Å²) in [5, 5.41) is 12.6. The number of hydrogen-bond donors (Lipinski definition) is 1. The Morgan fingerprint density at radius 3 is 2.53 bits per heavy atom. The SMILES string of the molecule is C.O=C1c2c(O)c(=O)ccn2N2CN1C1(/C=C/COc3c(F)cccc3[C@H]2c2ccccc2)CCC1. The van der Waals surface area contributed by atoms with Gasteiger partial charge in [0.2, 0.25) is 5.43 Å². The van der Waals surface area contributed by atoms with Crippen molar-refractivity contribution in [1.29, 1.82) is 0 Å². The number of rotatable bonds is 1. The number of para-hydroxylation sites is 1. The largest absolute Gasteiger partial charge is 0.502 e. The van der Waals surface area contributed by atoms with Crippen LogP contribution in [0.25, 0.3) is 0 Å². The predicted octanol–water partition coefficient (Wildman–Crippen LogP) is 4.34. The molecule has 3 aliphatic rings. The van der Waals surface area contributed by atoms with E-state index >= 15 is 4.39 Å². The van der Waals surface area contributed by atoms with Gasteiger partial charge in [-0.2, -0.15) is 0 Å². The number of pyridine rings is 1. The highest BCUT2D eigenvalue weighted by molar-refractivity contribution is 5.97. The van der Waals surface area contributed by atoms with Gasteiger partial charge >= 0.3 is 0 Å². The maximum Gasteiger partial charge on any atom is 0.278 e. The number of halogens is 1. The number of benzene rings is 2. The van der Waals surface area contributed by atoms with Gasteiger partial charge < -0.3 is 14.7 Å². The molecule has 1 amide bonds. The van der Waals surface area contributed by atoms with Gasteiger partial charge in [0.15, 0.2) is 23.0 Å². The molecule has 2 aromatic carbocycles. The molecule has 1 spiro atoms. The lowest BCUT2D eigenvalue weighted by Gasteiger charge is -2.53. The molecule has 8 heteroatoms. The summed E-state index contributed by atoms with van der Waals surface area (Å²) < 4.78 is 22.6. The lowest BCUT2D eigenvalue weighted by molar-refractivity contribution is 0.0255. The highest BCUT2D eigenvalue weighted by Gasteiger charge is 2.48. The van der Waals surface area contributed by atoms with Crippen molar-refractivity contribution in [3.8, 4) is 11.5 Å². The van der Waals surface area contributed by atoms with Crippen molar-refractivity contribution in [2.45, 2.75) is 38.3 Å². The van der Waals surface area contributed by atoms with Gasteiger partial charge in [-0.15, -0.1) is 0 Å². The van der Waals surface area contributed by atoms with Crippen LogP contribution >= 0.6 is 0 Å². The molecule has 1 fully saturated rings. The van der Waals surface area contributed by atoms with E-state index in [2.05, 4.69) is 0 Å². The van der Waals surface area contributed by atoms with E-state index in [0.717, 1.165) is 24.8 Å². The summed E-state index contributed by atoms with van der Waals surface area (Å²) >= 11 is 0. The van der Waals surface area contributed by atoms with Crippen LogP contribution in [0, 0.1) is 5.82 Å². The maximum absolute atomic E-state index is 15.1. The van der Waals surface area contributed by atoms with E-state index in [0.29, 0.717) is 5.56 Å². The van der Waals surface area contributed by atoms with E-state index in [1.165, 1.54) is 23.0 Å². The van der Waals surface area contributed by atoms with E-state index in [1.807, 2.05) is 47.5 Å². The highest BCUT2D eigenvalue weighted by Crippen LogP contribution is 2.44. The standard InChI is InChI=1S/C27H24FN3O4.CH4/c28-20-10-4-9-19-22(18-7-2-1-3-8-18)31-17-29(26(34)23-24(33)21(32)11-15-30(23)31)27(12-5-13-27)14-6-16-35-25(19)20;/h1-4,6-11,14-15,22,33H,5,12-13,16-17H2;1H4/b14-6+;/t22-;/m1./s1. The van der Waals surface area contributed by atoms with Crippen LogP contribution in [0.1, 0.15) is 54.3 Å². The number of carbonyl (C=O) groups is 1. The van der Waals surface area contributed by atoms with Gasteiger partial charge in [0.1, 0.15) is 19.3 Å². The normalized spacial score (nSPS) is 20.7. The summed E-state index contributed by atoms with van der Waals surface area (Å²) in [6, 6.07) is 15.0. The molecule has 0 radical (unpaired) electrons. The molecule has 36 heavy (non-hydrogen) atoms. The molecular formula is C28H28FN3O4. The second-order valence-electron chi connectivity index (χ2n) is 9.18. The maximum atomic E-state index is 15.1. The third-order valence-electron chi connectivity index (χ3n) is 7.28. The van der Waals surface area contributed by atoms with Crippen molar-refractivity contribution in [3.05, 3.63) is 106 Å². The molecule has 1 N–H and O–H groups in total. The average molecular weight is 490 g/mol. The molecule has 2 aliphatic heterocycles. The fraction of sp³-hybridized carbons (Fsp3) is 0.286. The fourth-order valence-corrected chi connectivity index (χ4v) is 5.39. The Labute approximate surface area is 208 Å². The Hall–Kier alpha value is -4.07. The smallest absolute Gasteiger partial charge is 0.278 e. The second-order valence-corrected chi connectivity index (χ2v) is 9.18. The van der Waals surface area contributed by atoms with Crippen molar-refractivity contribution in [3.63, 3.8) is 0 Å². The molecule has 1 aliphatic carbocycles. The Balaban J connectivity index is 0.00000267.